The largest absolute Gasteiger partial charge is 1.00 e. The molecule has 0 saturated heterocycles. The summed E-state index contributed by atoms with van der Waals surface area (Å²) in [5, 5.41) is 1.16. The first-order valence-electron chi connectivity index (χ1n) is 5.37. The van der Waals surface area contributed by atoms with Gasteiger partial charge in [0.05, 0.1) is 0 Å². The Bertz CT molecular complexity index is 138. The van der Waals surface area contributed by atoms with Crippen molar-refractivity contribution >= 4 is 6.71 Å². The molecule has 0 radical (unpaired) electrons. The van der Waals surface area contributed by atoms with E-state index in [-0.39, 0.29) is 20.3 Å². The summed E-state index contributed by atoms with van der Waals surface area (Å²) >= 11 is 0. The number of hydrogen-bond donors (Lipinski definition) is 0. The van der Waals surface area contributed by atoms with Crippen LogP contribution >= 0.6 is 0 Å². The van der Waals surface area contributed by atoms with Crippen LogP contribution in [0, 0.1) is 0 Å². The Morgan fingerprint density at radius 1 is 0.571 bits per heavy atom. The van der Waals surface area contributed by atoms with E-state index in [1.807, 2.05) is 0 Å². The third-order valence-electron chi connectivity index (χ3n) is 2.60. The first-order chi connectivity index (χ1) is 5.37. The summed E-state index contributed by atoms with van der Waals surface area (Å²) < 4.78 is 0. The molecule has 0 bridgehead atoms. The van der Waals surface area contributed by atoms with Gasteiger partial charge in [0.2, 0.25) is 0 Å². The second-order valence-electron chi connectivity index (χ2n) is 7.53. The van der Waals surface area contributed by atoms with Crippen molar-refractivity contribution in [3.05, 3.63) is 0 Å². The van der Waals surface area contributed by atoms with Crippen LogP contribution in [0.1, 0.15) is 63.7 Å². The van der Waals surface area contributed by atoms with E-state index in [0.717, 1.165) is 6.71 Å². The second kappa shape index (κ2) is 4.67. The van der Waals surface area contributed by atoms with Gasteiger partial charge in [-0.05, 0) is 0 Å². The van der Waals surface area contributed by atoms with Gasteiger partial charge in [-0.1, -0.05) is 78.3 Å². The van der Waals surface area contributed by atoms with E-state index in [1.54, 1.807) is 0 Å². The standard InChI is InChI=1S/C12H27B.Li.H/c1-10(2,3)13(11(4,5)6)12(7,8)9;;/h1-9H3;;/q;+1;-1. The molecule has 0 N–H and O–H groups in total. The molecular formula is C12H28BLi. The minimum atomic E-state index is 0. The zero-order valence-corrected chi connectivity index (χ0v) is 12.1. The molecule has 0 heterocycles. The van der Waals surface area contributed by atoms with Crippen molar-refractivity contribution in [1.29, 1.82) is 0 Å². The summed E-state index contributed by atoms with van der Waals surface area (Å²) in [4.78, 5) is 0. The minimum Gasteiger partial charge on any atom is -1.00 e. The van der Waals surface area contributed by atoms with Crippen molar-refractivity contribution in [3.8, 4) is 0 Å². The van der Waals surface area contributed by atoms with Crippen molar-refractivity contribution in [2.24, 2.45) is 0 Å². The van der Waals surface area contributed by atoms with Gasteiger partial charge in [0.15, 0.2) is 6.71 Å². The van der Waals surface area contributed by atoms with Gasteiger partial charge in [-0.25, -0.2) is 0 Å². The van der Waals surface area contributed by atoms with Crippen LogP contribution in [0.3, 0.4) is 0 Å². The SMILES string of the molecule is CC(C)(C)B(C(C)(C)C)C(C)(C)C.[H-].[Li+]. The van der Waals surface area contributed by atoms with Gasteiger partial charge in [0.1, 0.15) is 0 Å². The van der Waals surface area contributed by atoms with Crippen LogP contribution in [0.5, 0.6) is 0 Å². The molecule has 0 fully saturated rings. The molecule has 0 aromatic heterocycles. The fraction of sp³-hybridized carbons (Fsp3) is 1.00. The van der Waals surface area contributed by atoms with Gasteiger partial charge in [-0.15, -0.1) is 0 Å². The summed E-state index contributed by atoms with van der Waals surface area (Å²) in [5.41, 5.74) is 0. The van der Waals surface area contributed by atoms with Gasteiger partial charge in [-0.3, -0.25) is 0 Å². The van der Waals surface area contributed by atoms with Crippen LogP contribution in [0.4, 0.5) is 0 Å². The maximum absolute atomic E-state index is 2.36. The molecule has 0 nitrogen and oxygen atoms in total. The van der Waals surface area contributed by atoms with Crippen molar-refractivity contribution in [1.82, 2.24) is 0 Å². The van der Waals surface area contributed by atoms with E-state index in [0.29, 0.717) is 15.9 Å². The molecule has 0 aliphatic rings. The Morgan fingerprint density at radius 3 is 0.714 bits per heavy atom. The van der Waals surface area contributed by atoms with Gasteiger partial charge < -0.3 is 1.43 Å². The molecule has 0 aliphatic carbocycles. The fourth-order valence-electron chi connectivity index (χ4n) is 3.90. The van der Waals surface area contributed by atoms with Crippen molar-refractivity contribution in [3.63, 3.8) is 0 Å². The monoisotopic (exact) mass is 190 g/mol. The van der Waals surface area contributed by atoms with E-state index in [4.69, 9.17) is 0 Å². The molecule has 0 rings (SSSR count). The Balaban J connectivity index is -0.000000720. The molecule has 14 heavy (non-hydrogen) atoms. The average Bonchev–Trinajstić information content (AvgIpc) is 1.44. The first kappa shape index (κ1) is 17.1. The summed E-state index contributed by atoms with van der Waals surface area (Å²) in [6.45, 7) is 21.9. The molecule has 80 valence electrons. The van der Waals surface area contributed by atoms with Gasteiger partial charge in [-0.2, -0.15) is 0 Å². The summed E-state index contributed by atoms with van der Waals surface area (Å²) in [6, 6.07) is 0. The van der Waals surface area contributed by atoms with Crippen LogP contribution in [-0.4, -0.2) is 6.71 Å². The average molecular weight is 190 g/mol. The molecule has 0 unspecified atom stereocenters. The summed E-state index contributed by atoms with van der Waals surface area (Å²) in [6.07, 6.45) is 0. The van der Waals surface area contributed by atoms with Gasteiger partial charge in [0.25, 0.3) is 0 Å². The fourth-order valence-corrected chi connectivity index (χ4v) is 3.90. The Hall–Kier alpha value is 0.662. The first-order valence-corrected chi connectivity index (χ1v) is 5.37. The van der Waals surface area contributed by atoms with E-state index >= 15 is 0 Å². The van der Waals surface area contributed by atoms with Crippen molar-refractivity contribution in [2.45, 2.75) is 78.3 Å². The van der Waals surface area contributed by atoms with E-state index in [9.17, 15) is 0 Å². The maximum Gasteiger partial charge on any atom is 1.00 e. The Labute approximate surface area is 105 Å². The second-order valence-corrected chi connectivity index (χ2v) is 7.53. The summed E-state index contributed by atoms with van der Waals surface area (Å²) in [5.74, 6) is 0. The Morgan fingerprint density at radius 2 is 0.714 bits per heavy atom. The third-order valence-corrected chi connectivity index (χ3v) is 2.60. The maximum atomic E-state index is 2.36. The normalized spacial score (nSPS) is 13.5. The van der Waals surface area contributed by atoms with Crippen molar-refractivity contribution < 1.29 is 20.3 Å². The smallest absolute Gasteiger partial charge is 1.00 e. The Kier molecular flexibility index (Phi) is 5.69. The van der Waals surface area contributed by atoms with E-state index in [2.05, 4.69) is 62.3 Å². The molecule has 0 spiro atoms. The van der Waals surface area contributed by atoms with Crippen LogP contribution in [-0.2, 0) is 0 Å². The van der Waals surface area contributed by atoms with Crippen LogP contribution in [0.25, 0.3) is 0 Å². The predicted octanol–water partition coefficient (Wildman–Crippen LogP) is 2.00. The molecular weight excluding hydrogens is 162 g/mol. The zero-order chi connectivity index (χ0) is 11.1. The number of rotatable bonds is 0. The topological polar surface area (TPSA) is 0 Å². The minimum absolute atomic E-state index is 0. The quantitative estimate of drug-likeness (QED) is 0.512. The van der Waals surface area contributed by atoms with Crippen LogP contribution in [0.2, 0.25) is 15.9 Å². The molecule has 0 aromatic rings. The van der Waals surface area contributed by atoms with Crippen LogP contribution in [0.15, 0.2) is 0 Å². The van der Waals surface area contributed by atoms with E-state index in [1.165, 1.54) is 0 Å². The predicted molar refractivity (Wildman–Crippen MR) is 66.0 cm³/mol. The van der Waals surface area contributed by atoms with Crippen molar-refractivity contribution in [2.75, 3.05) is 0 Å². The third kappa shape index (κ3) is 4.94. The summed E-state index contributed by atoms with van der Waals surface area (Å²) in [7, 11) is 0. The number of hydrogen-bond acceptors (Lipinski definition) is 0. The van der Waals surface area contributed by atoms with Gasteiger partial charge >= 0.3 is 18.9 Å². The molecule has 0 amide bonds. The molecule has 0 aromatic carbocycles. The van der Waals surface area contributed by atoms with Gasteiger partial charge in [0, 0.05) is 0 Å². The van der Waals surface area contributed by atoms with Crippen LogP contribution < -0.4 is 18.9 Å². The molecule has 0 atom stereocenters. The molecule has 0 saturated carbocycles. The molecule has 2 heteroatoms. The zero-order valence-electron chi connectivity index (χ0n) is 13.1. The molecule has 0 aliphatic heterocycles. The van der Waals surface area contributed by atoms with E-state index < -0.39 is 0 Å².